The summed E-state index contributed by atoms with van der Waals surface area (Å²) in [5.41, 5.74) is 0.747. The van der Waals surface area contributed by atoms with E-state index in [1.165, 1.54) is 36.0 Å². The molecule has 0 radical (unpaired) electrons. The minimum atomic E-state index is -0.408. The summed E-state index contributed by atoms with van der Waals surface area (Å²) in [4.78, 5) is 24.3. The first-order valence-corrected chi connectivity index (χ1v) is 9.99. The Morgan fingerprint density at radius 2 is 1.70 bits per heavy atom. The van der Waals surface area contributed by atoms with Crippen LogP contribution in [-0.4, -0.2) is 27.5 Å². The van der Waals surface area contributed by atoms with E-state index in [1.807, 2.05) is 20.8 Å². The molecule has 30 heavy (non-hydrogen) atoms. The van der Waals surface area contributed by atoms with Gasteiger partial charge >= 0.3 is 0 Å². The summed E-state index contributed by atoms with van der Waals surface area (Å²) in [5, 5.41) is 8.31. The van der Waals surface area contributed by atoms with E-state index in [4.69, 9.17) is 4.42 Å². The summed E-state index contributed by atoms with van der Waals surface area (Å²) < 4.78 is 20.3. The molecule has 0 saturated carbocycles. The van der Waals surface area contributed by atoms with Gasteiger partial charge in [-0.05, 0) is 24.3 Å². The summed E-state index contributed by atoms with van der Waals surface area (Å²) in [6, 6.07) is 8.99. The molecule has 3 rings (SSSR count). The van der Waals surface area contributed by atoms with Crippen LogP contribution in [0, 0.1) is 11.2 Å². The lowest BCUT2D eigenvalue weighted by atomic mass is 9.92. The molecule has 0 bridgehead atoms. The van der Waals surface area contributed by atoms with Crippen molar-refractivity contribution >= 4 is 23.3 Å². The van der Waals surface area contributed by atoms with E-state index in [0.717, 1.165) is 0 Å². The van der Waals surface area contributed by atoms with E-state index >= 15 is 0 Å². The van der Waals surface area contributed by atoms with Gasteiger partial charge in [-0.25, -0.2) is 4.39 Å². The molecular weight excluding hydrogens is 473 g/mol. The Balaban J connectivity index is 0.00000320. The van der Waals surface area contributed by atoms with Gasteiger partial charge < -0.3 is 21.4 Å². The topological polar surface area (TPSA) is 76.9 Å². The molecule has 0 aliphatic carbocycles. The smallest absolute Gasteiger partial charge is 0.277 e. The normalized spacial score (nSPS) is 11.1. The molecule has 0 atom stereocenters. The Kier molecular flexibility index (Phi) is 8.03. The third-order valence-electron chi connectivity index (χ3n) is 4.20. The third kappa shape index (κ3) is 6.30. The summed E-state index contributed by atoms with van der Waals surface area (Å²) >= 11 is 1.21. The lowest BCUT2D eigenvalue weighted by molar-refractivity contribution is -0.683. The van der Waals surface area contributed by atoms with E-state index in [0.29, 0.717) is 22.2 Å². The second-order valence-corrected chi connectivity index (χ2v) is 8.45. The average Bonchev–Trinajstić information content (AvgIpc) is 3.15. The molecule has 0 spiro atoms. The molecule has 6 nitrogen and oxygen atoms in total. The maximum Gasteiger partial charge on any atom is 0.277 e. The third-order valence-corrected chi connectivity index (χ3v) is 5.02. The van der Waals surface area contributed by atoms with Crippen LogP contribution in [0.2, 0.25) is 0 Å². The van der Waals surface area contributed by atoms with Crippen molar-refractivity contribution < 1.29 is 39.9 Å². The molecule has 0 N–H and O–H groups in total. The van der Waals surface area contributed by atoms with E-state index < -0.39 is 5.41 Å². The molecule has 0 saturated heterocycles. The van der Waals surface area contributed by atoms with Gasteiger partial charge in [0, 0.05) is 23.1 Å². The van der Waals surface area contributed by atoms with Gasteiger partial charge in [-0.3, -0.25) is 9.59 Å². The van der Waals surface area contributed by atoms with Gasteiger partial charge in [0.05, 0.1) is 11.3 Å². The van der Waals surface area contributed by atoms with Crippen molar-refractivity contribution in [3.8, 4) is 11.5 Å². The van der Waals surface area contributed by atoms with Crippen LogP contribution >= 0.6 is 11.8 Å². The van der Waals surface area contributed by atoms with Crippen LogP contribution in [0.3, 0.4) is 0 Å². The van der Waals surface area contributed by atoms with E-state index in [9.17, 15) is 14.0 Å². The number of benzene rings is 1. The van der Waals surface area contributed by atoms with Gasteiger partial charge in [-0.1, -0.05) is 32.5 Å². The molecule has 2 aromatic heterocycles. The lowest BCUT2D eigenvalue weighted by Crippen LogP contribution is -3.00. The average molecular weight is 494 g/mol. The first-order valence-electron chi connectivity index (χ1n) is 9.00. The SMILES string of the molecule is CC(C)(C)C(=O)CSc1nnc(-c2cc[n+](CC(=O)c3ccc(F)cc3)cc2)o1.[Br-]. The molecule has 158 valence electrons. The number of halogens is 2. The summed E-state index contributed by atoms with van der Waals surface area (Å²) in [6.45, 7) is 5.74. The number of ketones is 2. The second kappa shape index (κ2) is 10.1. The number of carbonyl (C=O) groups excluding carboxylic acids is 2. The van der Waals surface area contributed by atoms with Crippen molar-refractivity contribution in [1.29, 1.82) is 0 Å². The van der Waals surface area contributed by atoms with E-state index in [1.54, 1.807) is 29.1 Å². The highest BCUT2D eigenvalue weighted by Gasteiger charge is 2.22. The second-order valence-electron chi connectivity index (χ2n) is 7.52. The molecule has 0 amide bonds. The lowest BCUT2D eigenvalue weighted by Gasteiger charge is -2.14. The van der Waals surface area contributed by atoms with Gasteiger partial charge in [-0.2, -0.15) is 4.57 Å². The number of nitrogens with zero attached hydrogens (tertiary/aromatic N) is 3. The number of hydrogen-bond acceptors (Lipinski definition) is 6. The highest BCUT2D eigenvalue weighted by Crippen LogP contribution is 2.25. The quantitative estimate of drug-likeness (QED) is 0.274. The van der Waals surface area contributed by atoms with Crippen molar-refractivity contribution in [1.82, 2.24) is 10.2 Å². The molecule has 0 fully saturated rings. The van der Waals surface area contributed by atoms with Gasteiger partial charge in [0.25, 0.3) is 5.22 Å². The Bertz CT molecular complexity index is 1020. The molecule has 0 unspecified atom stereocenters. The number of rotatable bonds is 7. The Morgan fingerprint density at radius 3 is 2.30 bits per heavy atom. The molecule has 1 aromatic carbocycles. The Morgan fingerprint density at radius 1 is 1.07 bits per heavy atom. The van der Waals surface area contributed by atoms with Gasteiger partial charge in [-0.15, -0.1) is 10.2 Å². The highest BCUT2D eigenvalue weighted by atomic mass is 79.9. The molecule has 9 heteroatoms. The monoisotopic (exact) mass is 493 g/mol. The van der Waals surface area contributed by atoms with Crippen molar-refractivity contribution in [2.24, 2.45) is 5.41 Å². The predicted octanol–water partition coefficient (Wildman–Crippen LogP) is 0.757. The van der Waals surface area contributed by atoms with Crippen LogP contribution in [0.25, 0.3) is 11.5 Å². The first kappa shape index (κ1) is 23.9. The largest absolute Gasteiger partial charge is 1.00 e. The minimum Gasteiger partial charge on any atom is -1.00 e. The van der Waals surface area contributed by atoms with E-state index in [-0.39, 0.29) is 46.7 Å². The fourth-order valence-electron chi connectivity index (χ4n) is 2.33. The number of pyridine rings is 1. The highest BCUT2D eigenvalue weighted by molar-refractivity contribution is 7.99. The first-order chi connectivity index (χ1) is 13.7. The van der Waals surface area contributed by atoms with Crippen LogP contribution in [0.1, 0.15) is 31.1 Å². The molecule has 2 heterocycles. The minimum absolute atomic E-state index is 0. The maximum atomic E-state index is 13.0. The van der Waals surface area contributed by atoms with E-state index in [2.05, 4.69) is 10.2 Å². The number of aromatic nitrogens is 3. The van der Waals surface area contributed by atoms with Crippen molar-refractivity contribution in [3.63, 3.8) is 0 Å². The fourth-order valence-corrected chi connectivity index (χ4v) is 3.25. The van der Waals surface area contributed by atoms with Gasteiger partial charge in [0.1, 0.15) is 11.6 Å². The summed E-state index contributed by atoms with van der Waals surface area (Å²) in [7, 11) is 0. The number of thioether (sulfide) groups is 1. The van der Waals surface area contributed by atoms with Crippen LogP contribution in [-0.2, 0) is 11.3 Å². The van der Waals surface area contributed by atoms with Crippen molar-refractivity contribution in [2.45, 2.75) is 32.5 Å². The van der Waals surface area contributed by atoms with Crippen LogP contribution in [0.15, 0.2) is 58.4 Å². The molecule has 0 aliphatic rings. The zero-order chi connectivity index (χ0) is 21.0. The molecular formula is C21H21BrFN3O3S. The van der Waals surface area contributed by atoms with Crippen LogP contribution < -0.4 is 21.5 Å². The number of hydrogen-bond donors (Lipinski definition) is 0. The fraction of sp³-hybridized carbons (Fsp3) is 0.286. The summed E-state index contributed by atoms with van der Waals surface area (Å²) in [5.74, 6) is 0.216. The number of Topliss-reactive ketones (excluding diaryl/α,β-unsaturated/α-hetero) is 2. The van der Waals surface area contributed by atoms with Crippen molar-refractivity contribution in [3.05, 3.63) is 60.2 Å². The number of carbonyl (C=O) groups is 2. The maximum absolute atomic E-state index is 13.0. The van der Waals surface area contributed by atoms with Gasteiger partial charge in [0.2, 0.25) is 18.2 Å². The van der Waals surface area contributed by atoms with Gasteiger partial charge in [0.15, 0.2) is 12.4 Å². The standard InChI is InChI=1S/C21H21FN3O3S.BrH/c1-21(2,3)18(27)13-29-20-24-23-19(28-20)15-8-10-25(11-9-15)12-17(26)14-4-6-16(22)7-5-14;/h4-11H,12-13H2,1-3H3;1H/q+1;/p-1. The summed E-state index contributed by atoms with van der Waals surface area (Å²) in [6.07, 6.45) is 3.47. The molecule has 0 aliphatic heterocycles. The molecule has 3 aromatic rings. The predicted molar refractivity (Wildman–Crippen MR) is 106 cm³/mol. The van der Waals surface area contributed by atoms with Crippen LogP contribution in [0.5, 0.6) is 0 Å². The van der Waals surface area contributed by atoms with Crippen LogP contribution in [0.4, 0.5) is 4.39 Å². The Hall–Kier alpha value is -2.39. The zero-order valence-corrected chi connectivity index (χ0v) is 19.2. The Labute approximate surface area is 188 Å². The zero-order valence-electron chi connectivity index (χ0n) is 16.8. The van der Waals surface area contributed by atoms with Crippen molar-refractivity contribution in [2.75, 3.05) is 5.75 Å².